The van der Waals surface area contributed by atoms with Gasteiger partial charge < -0.3 is 5.32 Å². The van der Waals surface area contributed by atoms with E-state index in [9.17, 15) is 0 Å². The summed E-state index contributed by atoms with van der Waals surface area (Å²) in [6.07, 6.45) is 2.26. The molecule has 6 aromatic carbocycles. The SMILES string of the molecule is Cc1c(-c2ccccc2)c(C)c(-c2cccc(-c3cccc(C4=c5ccccc5=CCN4)c3)c2)c(C)c1-c1ccccc1. The van der Waals surface area contributed by atoms with Crippen molar-refractivity contribution in [3.8, 4) is 44.5 Å². The average molecular weight is 554 g/mol. The third-order valence-corrected chi connectivity index (χ3v) is 8.84. The predicted octanol–water partition coefficient (Wildman–Crippen LogP) is 8.82. The molecule has 0 amide bonds. The molecule has 0 aliphatic carbocycles. The molecular weight excluding hydrogens is 518 g/mol. The summed E-state index contributed by atoms with van der Waals surface area (Å²) in [5.74, 6) is 0. The summed E-state index contributed by atoms with van der Waals surface area (Å²) in [4.78, 5) is 0. The van der Waals surface area contributed by atoms with E-state index >= 15 is 0 Å². The summed E-state index contributed by atoms with van der Waals surface area (Å²) in [5.41, 5.74) is 16.5. The zero-order valence-corrected chi connectivity index (χ0v) is 25.0. The van der Waals surface area contributed by atoms with Crippen LogP contribution in [0.15, 0.2) is 133 Å². The zero-order chi connectivity index (χ0) is 29.3. The van der Waals surface area contributed by atoms with Crippen LogP contribution in [-0.4, -0.2) is 6.54 Å². The van der Waals surface area contributed by atoms with Gasteiger partial charge in [0.05, 0.1) is 0 Å². The van der Waals surface area contributed by atoms with Crippen LogP contribution in [0.25, 0.3) is 56.3 Å². The highest BCUT2D eigenvalue weighted by atomic mass is 14.9. The average Bonchev–Trinajstić information content (AvgIpc) is 3.06. The molecule has 1 aliphatic rings. The predicted molar refractivity (Wildman–Crippen MR) is 183 cm³/mol. The van der Waals surface area contributed by atoms with Gasteiger partial charge in [0.25, 0.3) is 0 Å². The normalized spacial score (nSPS) is 12.3. The first-order chi connectivity index (χ1) is 21.1. The van der Waals surface area contributed by atoms with Crippen molar-refractivity contribution < 1.29 is 0 Å². The summed E-state index contributed by atoms with van der Waals surface area (Å²) >= 11 is 0. The van der Waals surface area contributed by atoms with Crippen molar-refractivity contribution in [3.63, 3.8) is 0 Å². The Hall–Kier alpha value is -5.14. The Balaban J connectivity index is 1.41. The van der Waals surface area contributed by atoms with Crippen LogP contribution in [0.1, 0.15) is 22.3 Å². The molecular formula is C42H35N. The van der Waals surface area contributed by atoms with E-state index in [0.717, 1.165) is 6.54 Å². The fourth-order valence-corrected chi connectivity index (χ4v) is 6.95. The van der Waals surface area contributed by atoms with Crippen molar-refractivity contribution in [1.82, 2.24) is 5.32 Å². The fourth-order valence-electron chi connectivity index (χ4n) is 6.95. The maximum absolute atomic E-state index is 3.63. The molecule has 7 rings (SSSR count). The number of rotatable bonds is 5. The highest BCUT2D eigenvalue weighted by Crippen LogP contribution is 2.44. The van der Waals surface area contributed by atoms with Crippen LogP contribution in [0.5, 0.6) is 0 Å². The van der Waals surface area contributed by atoms with Crippen molar-refractivity contribution >= 4 is 11.8 Å². The Kier molecular flexibility index (Phi) is 7.01. The van der Waals surface area contributed by atoms with E-state index in [1.165, 1.54) is 82.9 Å². The minimum Gasteiger partial charge on any atom is -0.381 e. The largest absolute Gasteiger partial charge is 0.381 e. The van der Waals surface area contributed by atoms with Gasteiger partial charge >= 0.3 is 0 Å². The molecule has 0 unspecified atom stereocenters. The van der Waals surface area contributed by atoms with Gasteiger partial charge in [-0.2, -0.15) is 0 Å². The Morgan fingerprint density at radius 3 is 1.47 bits per heavy atom. The van der Waals surface area contributed by atoms with Crippen molar-refractivity contribution in [2.24, 2.45) is 0 Å². The first kappa shape index (κ1) is 26.7. The molecule has 0 radical (unpaired) electrons. The fraction of sp³-hybridized carbons (Fsp3) is 0.0952. The van der Waals surface area contributed by atoms with Gasteiger partial charge in [0.2, 0.25) is 0 Å². The Labute approximate surface area is 254 Å². The lowest BCUT2D eigenvalue weighted by molar-refractivity contribution is 1.01. The molecule has 1 aliphatic heterocycles. The molecule has 0 atom stereocenters. The molecule has 6 aromatic rings. The van der Waals surface area contributed by atoms with E-state index in [1.54, 1.807) is 0 Å². The summed E-state index contributed by atoms with van der Waals surface area (Å²) in [6, 6.07) is 48.3. The third kappa shape index (κ3) is 4.87. The topological polar surface area (TPSA) is 12.0 Å². The van der Waals surface area contributed by atoms with E-state index in [4.69, 9.17) is 0 Å². The smallest absolute Gasteiger partial charge is 0.0496 e. The van der Waals surface area contributed by atoms with Gasteiger partial charge in [-0.1, -0.05) is 127 Å². The Bertz CT molecular complexity index is 2020. The van der Waals surface area contributed by atoms with Gasteiger partial charge in [-0.15, -0.1) is 0 Å². The van der Waals surface area contributed by atoms with Crippen LogP contribution in [0.2, 0.25) is 0 Å². The van der Waals surface area contributed by atoms with Gasteiger partial charge in [-0.25, -0.2) is 0 Å². The first-order valence-corrected chi connectivity index (χ1v) is 15.1. The zero-order valence-electron chi connectivity index (χ0n) is 25.0. The van der Waals surface area contributed by atoms with Crippen LogP contribution in [0.4, 0.5) is 0 Å². The molecule has 208 valence electrons. The first-order valence-electron chi connectivity index (χ1n) is 15.1. The van der Waals surface area contributed by atoms with E-state index in [-0.39, 0.29) is 0 Å². The molecule has 1 heterocycles. The molecule has 0 aromatic heterocycles. The highest BCUT2D eigenvalue weighted by molar-refractivity contribution is 5.92. The van der Waals surface area contributed by atoms with E-state index in [0.29, 0.717) is 0 Å². The van der Waals surface area contributed by atoms with Crippen molar-refractivity contribution in [2.45, 2.75) is 20.8 Å². The van der Waals surface area contributed by atoms with Gasteiger partial charge in [0.15, 0.2) is 0 Å². The van der Waals surface area contributed by atoms with Gasteiger partial charge in [-0.05, 0) is 105 Å². The van der Waals surface area contributed by atoms with Crippen molar-refractivity contribution in [3.05, 3.63) is 166 Å². The molecule has 0 spiro atoms. The third-order valence-electron chi connectivity index (χ3n) is 8.84. The number of nitrogens with one attached hydrogen (secondary N) is 1. The van der Waals surface area contributed by atoms with Crippen molar-refractivity contribution in [1.29, 1.82) is 0 Å². The van der Waals surface area contributed by atoms with E-state index in [1.807, 2.05) is 0 Å². The van der Waals surface area contributed by atoms with Crippen LogP contribution >= 0.6 is 0 Å². The number of fused-ring (bicyclic) bond motifs is 1. The maximum Gasteiger partial charge on any atom is 0.0496 e. The van der Waals surface area contributed by atoms with E-state index < -0.39 is 0 Å². The van der Waals surface area contributed by atoms with Gasteiger partial charge in [0.1, 0.15) is 0 Å². The second kappa shape index (κ2) is 11.3. The minimum absolute atomic E-state index is 0.839. The molecule has 0 saturated carbocycles. The Morgan fingerprint density at radius 1 is 0.419 bits per heavy atom. The lowest BCUT2D eigenvalue weighted by Crippen LogP contribution is -2.37. The summed E-state index contributed by atoms with van der Waals surface area (Å²) < 4.78 is 0. The monoisotopic (exact) mass is 553 g/mol. The Morgan fingerprint density at radius 2 is 0.860 bits per heavy atom. The standard InChI is InChI=1S/C42H35N/c1-28-39(32-15-6-4-7-16-32)29(2)41(30(3)40(28)33-17-8-5-9-18-33)36-21-12-19-34(26-36)35-20-13-22-37(27-35)42-38-23-11-10-14-31(38)24-25-43-42/h4-24,26-27,43H,25H2,1-3H3. The van der Waals surface area contributed by atoms with Crippen molar-refractivity contribution in [2.75, 3.05) is 6.54 Å². The number of hydrogen-bond acceptors (Lipinski definition) is 1. The molecule has 1 heteroatoms. The second-order valence-electron chi connectivity index (χ2n) is 11.4. The molecule has 0 bridgehead atoms. The summed E-state index contributed by atoms with van der Waals surface area (Å²) in [7, 11) is 0. The highest BCUT2D eigenvalue weighted by Gasteiger charge is 2.20. The molecule has 0 saturated heterocycles. The lowest BCUT2D eigenvalue weighted by atomic mass is 9.80. The second-order valence-corrected chi connectivity index (χ2v) is 11.4. The minimum atomic E-state index is 0.839. The summed E-state index contributed by atoms with van der Waals surface area (Å²) in [6.45, 7) is 7.70. The lowest BCUT2D eigenvalue weighted by Gasteiger charge is -2.23. The van der Waals surface area contributed by atoms with Crippen LogP contribution < -0.4 is 15.8 Å². The molecule has 0 fully saturated rings. The molecule has 43 heavy (non-hydrogen) atoms. The maximum atomic E-state index is 3.63. The number of benzene rings is 6. The van der Waals surface area contributed by atoms with E-state index in [2.05, 4.69) is 166 Å². The quantitative estimate of drug-likeness (QED) is 0.225. The molecule has 1 nitrogen and oxygen atoms in total. The van der Waals surface area contributed by atoms with Gasteiger partial charge in [-0.3, -0.25) is 0 Å². The van der Waals surface area contributed by atoms with Crippen LogP contribution in [-0.2, 0) is 0 Å². The van der Waals surface area contributed by atoms with Crippen LogP contribution in [0, 0.1) is 20.8 Å². The van der Waals surface area contributed by atoms with Crippen LogP contribution in [0.3, 0.4) is 0 Å². The molecule has 1 N–H and O–H groups in total. The van der Waals surface area contributed by atoms with Gasteiger partial charge in [0, 0.05) is 17.5 Å². The number of hydrogen-bond donors (Lipinski definition) is 1. The summed E-state index contributed by atoms with van der Waals surface area (Å²) in [5, 5.41) is 6.18.